The summed E-state index contributed by atoms with van der Waals surface area (Å²) < 4.78 is 0. The van der Waals surface area contributed by atoms with Crippen molar-refractivity contribution in [1.29, 1.82) is 0 Å². The second kappa shape index (κ2) is 39.4. The third-order valence-electron chi connectivity index (χ3n) is 1.82. The molecule has 0 bridgehead atoms. The molecule has 130 valence electrons. The molecule has 0 fully saturated rings. The van der Waals surface area contributed by atoms with E-state index >= 15 is 0 Å². The number of carboxylic acid groups (broad SMARTS) is 2. The summed E-state index contributed by atoms with van der Waals surface area (Å²) in [5.74, 6) is 0. The Morgan fingerprint density at radius 1 is 0.519 bits per heavy atom. The molecule has 0 spiro atoms. The van der Waals surface area contributed by atoms with Gasteiger partial charge in [-0.05, 0) is 6.16 Å². The van der Waals surface area contributed by atoms with Crippen molar-refractivity contribution < 1.29 is 190 Å². The van der Waals surface area contributed by atoms with Crippen LogP contribution in [0.25, 0.3) is 0 Å². The molecule has 27 heavy (non-hydrogen) atoms. The molecule has 0 radical (unpaired) electrons. The average molecular weight is 549 g/mol. The van der Waals surface area contributed by atoms with E-state index < -0.39 is 6.16 Å². The third-order valence-corrected chi connectivity index (χ3v) is 1.82. The summed E-state index contributed by atoms with van der Waals surface area (Å²) in [4.78, 5) is 8.33. The van der Waals surface area contributed by atoms with Crippen molar-refractivity contribution in [1.82, 2.24) is 0 Å². The number of hydrogen-bond acceptors (Lipinski definition) is 3. The number of benzene rings is 3. The van der Waals surface area contributed by atoms with E-state index in [1.165, 1.54) is 0 Å². The zero-order valence-electron chi connectivity index (χ0n) is 15.9. The van der Waals surface area contributed by atoms with Crippen molar-refractivity contribution in [3.05, 3.63) is 109 Å². The van der Waals surface area contributed by atoms with Crippen molar-refractivity contribution in [2.45, 2.75) is 0 Å². The molecule has 0 aliphatic carbocycles. The van der Waals surface area contributed by atoms with Crippen LogP contribution in [0.1, 0.15) is 0 Å². The monoisotopic (exact) mass is 548 g/mol. The molecule has 1 unspecified atom stereocenters. The summed E-state index contributed by atoms with van der Waals surface area (Å²) in [6, 6.07) is 37.5. The van der Waals surface area contributed by atoms with Gasteiger partial charge >= 0.3 is 175 Å². The Kier molecular flexibility index (Phi) is 63.9. The molecule has 3 aromatic carbocycles. The second-order valence-electron chi connectivity index (χ2n) is 3.48. The van der Waals surface area contributed by atoms with Crippen LogP contribution < -0.4 is 164 Å². The topological polar surface area (TPSA) is 63.2 Å². The number of carbonyl (C=O) groups is 1. The summed E-state index contributed by atoms with van der Waals surface area (Å²) >= 11 is 0. The minimum atomic E-state index is -2.33. The van der Waals surface area contributed by atoms with E-state index in [0.29, 0.717) is 0 Å². The molecular weight excluding hydrogens is 531 g/mol. The number of carbonyl (C=O) groups excluding carboxylic acids is 1. The van der Waals surface area contributed by atoms with Crippen LogP contribution in [0.15, 0.2) is 91.0 Å². The first-order valence-corrected chi connectivity index (χ1v) is 6.34. The summed E-state index contributed by atoms with van der Waals surface area (Å²) in [6.07, 6.45) is -2.33. The Labute approximate surface area is 307 Å². The van der Waals surface area contributed by atoms with E-state index in [4.69, 9.17) is 15.0 Å². The van der Waals surface area contributed by atoms with Crippen molar-refractivity contribution in [2.75, 3.05) is 0 Å². The normalized spacial score (nSPS) is 6.22. The fourth-order valence-electron chi connectivity index (χ4n) is 1.03. The molecule has 1 atom stereocenters. The van der Waals surface area contributed by atoms with Crippen molar-refractivity contribution in [3.63, 3.8) is 0 Å². The van der Waals surface area contributed by atoms with Crippen LogP contribution in [-0.2, 0) is 20.4 Å². The summed E-state index contributed by atoms with van der Waals surface area (Å²) in [5, 5.41) is 16.7. The molecular formula is C19H18K3O3PPd. The van der Waals surface area contributed by atoms with E-state index in [0.717, 1.165) is 0 Å². The quantitative estimate of drug-likeness (QED) is 0.159. The maximum absolute atomic E-state index is 8.33. The van der Waals surface area contributed by atoms with E-state index in [-0.39, 0.29) is 184 Å². The molecule has 0 aliphatic heterocycles. The molecule has 0 saturated carbocycles. The number of hydrogen-bond donors (Lipinski definition) is 0. The molecule has 3 nitrogen and oxygen atoms in total. The average Bonchev–Trinajstić information content (AvgIpc) is 2.60. The second-order valence-corrected chi connectivity index (χ2v) is 3.48. The zero-order valence-corrected chi connectivity index (χ0v) is 28.2. The van der Waals surface area contributed by atoms with Gasteiger partial charge in [0.25, 0.3) is 0 Å². The minimum Gasteiger partial charge on any atom is -0.652 e. The first-order chi connectivity index (χ1) is 10.7. The molecule has 8 heteroatoms. The van der Waals surface area contributed by atoms with Gasteiger partial charge < -0.3 is 15.0 Å². The van der Waals surface area contributed by atoms with Crippen LogP contribution in [0.2, 0.25) is 0 Å². The molecule has 0 aliphatic rings. The van der Waals surface area contributed by atoms with E-state index in [1.54, 1.807) is 0 Å². The summed E-state index contributed by atoms with van der Waals surface area (Å²) in [7, 11) is 0. The van der Waals surface area contributed by atoms with Gasteiger partial charge in [-0.2, -0.15) is 119 Å². The predicted octanol–water partition coefficient (Wildman–Crippen LogP) is -6.92. The SMILES string of the molecule is O=C([O-])[O-].P.[K+].[K+].[K+].[Pd+2].[c-]1ccccc1.[c-]1ccccc1.[c-]1ccccc1. The maximum atomic E-state index is 8.33. The van der Waals surface area contributed by atoms with Crippen LogP contribution in [0.5, 0.6) is 0 Å². The van der Waals surface area contributed by atoms with Crippen LogP contribution >= 0.6 is 9.90 Å². The van der Waals surface area contributed by atoms with Crippen LogP contribution in [0.3, 0.4) is 0 Å². The largest absolute Gasteiger partial charge is 2.00 e. The minimum absolute atomic E-state index is 0. The molecule has 0 aromatic heterocycles. The summed E-state index contributed by atoms with van der Waals surface area (Å²) in [6.45, 7) is 0. The summed E-state index contributed by atoms with van der Waals surface area (Å²) in [5.41, 5.74) is 0. The van der Waals surface area contributed by atoms with Gasteiger partial charge in [0, 0.05) is 0 Å². The Bertz CT molecular complexity index is 406. The Hall–Kier alpha value is 2.93. The van der Waals surface area contributed by atoms with E-state index in [2.05, 4.69) is 18.2 Å². The molecule has 3 rings (SSSR count). The zero-order chi connectivity index (χ0) is 16.3. The maximum Gasteiger partial charge on any atom is 2.00 e. The van der Waals surface area contributed by atoms with Gasteiger partial charge in [-0.15, -0.1) is 0 Å². The fraction of sp³-hybridized carbons (Fsp3) is 0. The van der Waals surface area contributed by atoms with Gasteiger partial charge in [0.15, 0.2) is 0 Å². The third kappa shape index (κ3) is 47.9. The molecule has 0 saturated heterocycles. The van der Waals surface area contributed by atoms with Crippen LogP contribution in [0.4, 0.5) is 4.79 Å². The fourth-order valence-corrected chi connectivity index (χ4v) is 1.03. The van der Waals surface area contributed by atoms with Gasteiger partial charge in [0.2, 0.25) is 0 Å². The molecule has 3 aromatic rings. The Morgan fingerprint density at radius 3 is 0.704 bits per heavy atom. The Balaban J connectivity index is -0.0000000518. The van der Waals surface area contributed by atoms with Gasteiger partial charge in [-0.3, -0.25) is 0 Å². The van der Waals surface area contributed by atoms with Gasteiger partial charge in [-0.1, -0.05) is 0 Å². The number of rotatable bonds is 0. The molecule has 0 N–H and O–H groups in total. The smallest absolute Gasteiger partial charge is 0.652 e. The first kappa shape index (κ1) is 43.7. The van der Waals surface area contributed by atoms with Crippen LogP contribution in [-0.4, -0.2) is 6.16 Å². The van der Waals surface area contributed by atoms with Crippen molar-refractivity contribution in [2.24, 2.45) is 0 Å². The van der Waals surface area contributed by atoms with E-state index in [9.17, 15) is 0 Å². The van der Waals surface area contributed by atoms with Crippen LogP contribution in [0, 0.1) is 18.2 Å². The van der Waals surface area contributed by atoms with E-state index in [1.807, 2.05) is 91.0 Å². The van der Waals surface area contributed by atoms with Crippen molar-refractivity contribution >= 4 is 16.1 Å². The van der Waals surface area contributed by atoms with Gasteiger partial charge in [0.1, 0.15) is 0 Å². The van der Waals surface area contributed by atoms with Crippen molar-refractivity contribution in [3.8, 4) is 0 Å². The predicted molar refractivity (Wildman–Crippen MR) is 92.3 cm³/mol. The first-order valence-electron chi connectivity index (χ1n) is 6.34. The molecule has 0 amide bonds. The standard InChI is InChI=1S/3C6H5.CH2O3.3K.H3P.Pd/c3*1-2-4-6-5-3-1;2-1(3)4;;;;;/h3*1-5H;(H2,2,3,4);;;;1H3;/q3*-1;;3*+1;;+2/p-2. The molecule has 0 heterocycles. The Morgan fingerprint density at radius 2 is 0.667 bits per heavy atom. The van der Waals surface area contributed by atoms with Gasteiger partial charge in [-0.25, -0.2) is 0 Å². The van der Waals surface area contributed by atoms with Gasteiger partial charge in [0.05, 0.1) is 0 Å².